The van der Waals surface area contributed by atoms with Crippen LogP contribution in [0.1, 0.15) is 105 Å². The first-order valence-electron chi connectivity index (χ1n) is 10.5. The third-order valence-corrected chi connectivity index (χ3v) is 4.41. The molecule has 0 aromatic carbocycles. The van der Waals surface area contributed by atoms with Crippen molar-refractivity contribution in [3.8, 4) is 0 Å². The van der Waals surface area contributed by atoms with Crippen molar-refractivity contribution in [3.05, 3.63) is 0 Å². The van der Waals surface area contributed by atoms with Crippen LogP contribution in [0.3, 0.4) is 0 Å². The highest BCUT2D eigenvalue weighted by atomic mass is 31.1. The average molecular weight is 379 g/mol. The highest BCUT2D eigenvalue weighted by Crippen LogP contribution is 2.14. The second kappa shape index (κ2) is 26.2. The third-order valence-electron chi connectivity index (χ3n) is 4.15. The molecule has 0 rings (SSSR count). The first-order valence-corrected chi connectivity index (χ1v) is 11.2. The molecule has 0 amide bonds. The van der Waals surface area contributed by atoms with Gasteiger partial charge in [0.2, 0.25) is 0 Å². The van der Waals surface area contributed by atoms with Gasteiger partial charge in [-0.05, 0) is 25.2 Å². The van der Waals surface area contributed by atoms with E-state index in [0.29, 0.717) is 12.5 Å². The van der Waals surface area contributed by atoms with Gasteiger partial charge in [0, 0.05) is 0 Å². The Morgan fingerprint density at radius 3 is 1.64 bits per heavy atom. The Kier molecular flexibility index (Phi) is 28.5. The number of rotatable bonds is 18. The fourth-order valence-electron chi connectivity index (χ4n) is 2.33. The Morgan fingerprint density at radius 2 is 1.24 bits per heavy atom. The molecule has 1 atom stereocenters. The molecule has 0 radical (unpaired) electrons. The largest absolute Gasteiger partial charge is 0.327 e. The Balaban J connectivity index is 0. The topological polar surface area (TPSA) is 44.8 Å². The van der Waals surface area contributed by atoms with Crippen LogP contribution in [-0.2, 0) is 18.9 Å². The van der Waals surface area contributed by atoms with Crippen molar-refractivity contribution in [2.45, 2.75) is 105 Å². The first kappa shape index (κ1) is 27.2. The summed E-state index contributed by atoms with van der Waals surface area (Å²) in [5.41, 5.74) is 0. The highest BCUT2D eigenvalue weighted by molar-refractivity contribution is 7.17. The van der Waals surface area contributed by atoms with E-state index < -0.39 is 0 Å². The number of unbranched alkanes of at least 4 members (excludes halogenated alkanes) is 7. The van der Waals surface area contributed by atoms with Crippen LogP contribution in [0.5, 0.6) is 0 Å². The molecule has 0 aliphatic carbocycles. The fraction of sp³-hybridized carbons (Fsp3) is 1.00. The van der Waals surface area contributed by atoms with Crippen LogP contribution < -0.4 is 0 Å². The zero-order chi connectivity index (χ0) is 19.0. The minimum Gasteiger partial charge on any atom is -0.294 e. The summed E-state index contributed by atoms with van der Waals surface area (Å²) in [4.78, 5) is 10.1. The van der Waals surface area contributed by atoms with Crippen molar-refractivity contribution in [2.24, 2.45) is 5.92 Å². The third kappa shape index (κ3) is 26.3. The predicted molar refractivity (Wildman–Crippen MR) is 107 cm³/mol. The molecular formula is C20H43O4P. The average Bonchev–Trinajstić information content (AvgIpc) is 2.64. The summed E-state index contributed by atoms with van der Waals surface area (Å²) in [6.07, 6.45) is 14.7. The quantitative estimate of drug-likeness (QED) is 0.107. The maximum Gasteiger partial charge on any atom is 0.327 e. The minimum atomic E-state index is -0.181. The van der Waals surface area contributed by atoms with Gasteiger partial charge in [-0.15, -0.1) is 0 Å². The predicted octanol–water partition coefficient (Wildman–Crippen LogP) is 7.52. The standard InChI is InChI=1S/C12H26O2.C8H17O2P/c1-3-5-7-9-11-13-14-12-10-8-6-4-2;1-3-5-6-8(4-2)7-10-11-9/h3-12H2,1-2H3;8H,3-7H2,1-2H3. The molecule has 1 unspecified atom stereocenters. The molecule has 4 nitrogen and oxygen atoms in total. The van der Waals surface area contributed by atoms with Gasteiger partial charge in [0.25, 0.3) is 0 Å². The van der Waals surface area contributed by atoms with E-state index in [1.165, 1.54) is 57.8 Å². The van der Waals surface area contributed by atoms with E-state index in [2.05, 4.69) is 27.7 Å². The van der Waals surface area contributed by atoms with E-state index in [9.17, 15) is 4.57 Å². The summed E-state index contributed by atoms with van der Waals surface area (Å²) >= 11 is 0. The van der Waals surface area contributed by atoms with E-state index in [1.807, 2.05) is 0 Å². The Morgan fingerprint density at radius 1 is 0.720 bits per heavy atom. The smallest absolute Gasteiger partial charge is 0.294 e. The lowest BCUT2D eigenvalue weighted by Crippen LogP contribution is -2.04. The SMILES string of the molecule is CCCCC(CC)COP=O.CCCCCCOOCCCCCC. The molecule has 0 heterocycles. The van der Waals surface area contributed by atoms with Gasteiger partial charge in [-0.2, -0.15) is 0 Å². The monoisotopic (exact) mass is 378 g/mol. The second-order valence-corrected chi connectivity index (χ2v) is 6.96. The van der Waals surface area contributed by atoms with Gasteiger partial charge in [-0.25, -0.2) is 14.3 Å². The molecule has 0 aliphatic rings. The van der Waals surface area contributed by atoms with Crippen molar-refractivity contribution >= 4 is 8.69 Å². The molecule has 0 N–H and O–H groups in total. The molecule has 0 aromatic rings. The van der Waals surface area contributed by atoms with E-state index in [-0.39, 0.29) is 8.69 Å². The van der Waals surface area contributed by atoms with Gasteiger partial charge in [0.1, 0.15) is 0 Å². The minimum absolute atomic E-state index is 0.181. The zero-order valence-corrected chi connectivity index (χ0v) is 18.2. The van der Waals surface area contributed by atoms with Crippen LogP contribution in [0.15, 0.2) is 0 Å². The lowest BCUT2D eigenvalue weighted by molar-refractivity contribution is -0.295. The molecule has 0 saturated heterocycles. The Hall–Kier alpha value is -0.0200. The van der Waals surface area contributed by atoms with Crippen molar-refractivity contribution < 1.29 is 18.9 Å². The lowest BCUT2D eigenvalue weighted by atomic mass is 10.0. The van der Waals surface area contributed by atoms with E-state index in [4.69, 9.17) is 14.3 Å². The summed E-state index contributed by atoms with van der Waals surface area (Å²) < 4.78 is 14.8. The maximum atomic E-state index is 9.97. The fourth-order valence-corrected chi connectivity index (χ4v) is 2.60. The van der Waals surface area contributed by atoms with E-state index in [0.717, 1.165) is 32.5 Å². The van der Waals surface area contributed by atoms with E-state index in [1.54, 1.807) is 0 Å². The van der Waals surface area contributed by atoms with Crippen molar-refractivity contribution in [2.75, 3.05) is 19.8 Å². The molecule has 0 bridgehead atoms. The summed E-state index contributed by atoms with van der Waals surface area (Å²) in [6, 6.07) is 0. The molecule has 0 saturated carbocycles. The van der Waals surface area contributed by atoms with Crippen LogP contribution in [0.2, 0.25) is 0 Å². The molecule has 0 fully saturated rings. The summed E-state index contributed by atoms with van der Waals surface area (Å²) in [6.45, 7) is 10.9. The van der Waals surface area contributed by atoms with Crippen molar-refractivity contribution in [1.29, 1.82) is 0 Å². The first-order chi connectivity index (χ1) is 12.3. The molecule has 0 aliphatic heterocycles. The van der Waals surface area contributed by atoms with Gasteiger partial charge in [0.15, 0.2) is 0 Å². The van der Waals surface area contributed by atoms with E-state index >= 15 is 0 Å². The molecule has 25 heavy (non-hydrogen) atoms. The molecule has 0 aromatic heterocycles. The normalized spacial score (nSPS) is 12.0. The van der Waals surface area contributed by atoms with Crippen LogP contribution >= 0.6 is 8.69 Å². The number of hydrogen-bond acceptors (Lipinski definition) is 4. The Labute approximate surface area is 158 Å². The molecule has 0 spiro atoms. The van der Waals surface area contributed by atoms with Crippen LogP contribution in [0.25, 0.3) is 0 Å². The molecular weight excluding hydrogens is 335 g/mol. The van der Waals surface area contributed by atoms with Gasteiger partial charge >= 0.3 is 8.69 Å². The van der Waals surface area contributed by atoms with Crippen molar-refractivity contribution in [1.82, 2.24) is 0 Å². The van der Waals surface area contributed by atoms with Crippen LogP contribution in [0, 0.1) is 5.92 Å². The Bertz CT molecular complexity index is 228. The van der Waals surface area contributed by atoms with Gasteiger partial charge < -0.3 is 0 Å². The summed E-state index contributed by atoms with van der Waals surface area (Å²) in [5, 5.41) is 0. The van der Waals surface area contributed by atoms with Crippen LogP contribution in [0.4, 0.5) is 0 Å². The zero-order valence-electron chi connectivity index (χ0n) is 17.3. The molecule has 152 valence electrons. The van der Waals surface area contributed by atoms with Crippen LogP contribution in [-0.4, -0.2) is 19.8 Å². The van der Waals surface area contributed by atoms with Gasteiger partial charge in [0.05, 0.1) is 19.8 Å². The van der Waals surface area contributed by atoms with Gasteiger partial charge in [-0.3, -0.25) is 4.52 Å². The van der Waals surface area contributed by atoms with Gasteiger partial charge in [-0.1, -0.05) is 85.5 Å². The van der Waals surface area contributed by atoms with Crippen molar-refractivity contribution in [3.63, 3.8) is 0 Å². The lowest BCUT2D eigenvalue weighted by Gasteiger charge is -2.10. The molecule has 5 heteroatoms. The summed E-state index contributed by atoms with van der Waals surface area (Å²) in [7, 11) is -0.181. The second-order valence-electron chi connectivity index (χ2n) is 6.55. The maximum absolute atomic E-state index is 9.97. The number of hydrogen-bond donors (Lipinski definition) is 0. The summed E-state index contributed by atoms with van der Waals surface area (Å²) in [5.74, 6) is 0.594. The highest BCUT2D eigenvalue weighted by Gasteiger charge is 2.05.